The zero-order valence-corrected chi connectivity index (χ0v) is 11.6. The van der Waals surface area contributed by atoms with Crippen LogP contribution in [0.25, 0.3) is 0 Å². The van der Waals surface area contributed by atoms with Gasteiger partial charge in [0.25, 0.3) is 0 Å². The molecule has 0 saturated carbocycles. The number of anilines is 1. The molecule has 0 unspecified atom stereocenters. The molecule has 6 nitrogen and oxygen atoms in total. The molecular formula is C11H18N4O2S. The van der Waals surface area contributed by atoms with Crippen molar-refractivity contribution in [2.45, 2.75) is 17.4 Å². The first-order valence-corrected chi connectivity index (χ1v) is 7.09. The van der Waals surface area contributed by atoms with Crippen LogP contribution in [0.1, 0.15) is 6.92 Å². The van der Waals surface area contributed by atoms with E-state index in [-0.39, 0.29) is 10.4 Å². The molecule has 0 aromatic carbocycles. The molecule has 1 aromatic heterocycles. The second kappa shape index (κ2) is 4.18. The number of aromatic nitrogens is 1. The van der Waals surface area contributed by atoms with Crippen molar-refractivity contribution in [1.29, 1.82) is 0 Å². The van der Waals surface area contributed by atoms with Gasteiger partial charge in [0.15, 0.2) is 0 Å². The Morgan fingerprint density at radius 2 is 2.00 bits per heavy atom. The number of rotatable bonds is 3. The maximum Gasteiger partial charge on any atom is 0.244 e. The number of hydrogen-bond donors (Lipinski definition) is 1. The van der Waals surface area contributed by atoms with E-state index < -0.39 is 10.0 Å². The van der Waals surface area contributed by atoms with Gasteiger partial charge in [-0.2, -0.15) is 0 Å². The standard InChI is InChI=1S/C11H18N4O2S/c1-11(12)7-15(8-11)10-5-4-9(6-13-10)18(16,17)14(2)3/h4-6H,7-8,12H2,1-3H3. The van der Waals surface area contributed by atoms with Crippen molar-refractivity contribution in [3.8, 4) is 0 Å². The SMILES string of the molecule is CN(C)S(=O)(=O)c1ccc(N2CC(C)(N)C2)nc1. The molecule has 2 heterocycles. The molecule has 1 saturated heterocycles. The van der Waals surface area contributed by atoms with Crippen LogP contribution in [0.15, 0.2) is 23.2 Å². The van der Waals surface area contributed by atoms with Gasteiger partial charge >= 0.3 is 0 Å². The van der Waals surface area contributed by atoms with Crippen molar-refractivity contribution in [2.24, 2.45) is 5.73 Å². The summed E-state index contributed by atoms with van der Waals surface area (Å²) in [6.45, 7) is 3.45. The van der Waals surface area contributed by atoms with Gasteiger partial charge in [0, 0.05) is 38.9 Å². The summed E-state index contributed by atoms with van der Waals surface area (Å²) < 4.78 is 24.9. The third kappa shape index (κ3) is 2.33. The molecule has 0 radical (unpaired) electrons. The minimum absolute atomic E-state index is 0.171. The van der Waals surface area contributed by atoms with Gasteiger partial charge in [0.1, 0.15) is 10.7 Å². The summed E-state index contributed by atoms with van der Waals surface area (Å²) in [6.07, 6.45) is 1.39. The van der Waals surface area contributed by atoms with Gasteiger partial charge in [-0.3, -0.25) is 0 Å². The molecule has 18 heavy (non-hydrogen) atoms. The Hall–Kier alpha value is -1.18. The summed E-state index contributed by atoms with van der Waals surface area (Å²) in [4.78, 5) is 6.40. The molecule has 0 amide bonds. The second-order valence-corrected chi connectivity index (χ2v) is 7.30. The van der Waals surface area contributed by atoms with Crippen LogP contribution in [0.2, 0.25) is 0 Å². The molecule has 2 N–H and O–H groups in total. The zero-order chi connectivity index (χ0) is 13.6. The third-order valence-electron chi connectivity index (χ3n) is 2.93. The first-order valence-electron chi connectivity index (χ1n) is 5.65. The predicted octanol–water partition coefficient (Wildman–Crippen LogP) is -0.131. The first-order chi connectivity index (χ1) is 8.22. The predicted molar refractivity (Wildman–Crippen MR) is 69.9 cm³/mol. The lowest BCUT2D eigenvalue weighted by Gasteiger charge is -2.46. The van der Waals surface area contributed by atoms with E-state index >= 15 is 0 Å². The highest BCUT2D eigenvalue weighted by atomic mass is 32.2. The van der Waals surface area contributed by atoms with E-state index in [1.165, 1.54) is 24.6 Å². The number of nitrogens with two attached hydrogens (primary N) is 1. The fourth-order valence-electron chi connectivity index (χ4n) is 1.91. The molecule has 0 spiro atoms. The highest BCUT2D eigenvalue weighted by molar-refractivity contribution is 7.89. The average molecular weight is 270 g/mol. The Morgan fingerprint density at radius 1 is 1.39 bits per heavy atom. The number of nitrogens with zero attached hydrogens (tertiary/aromatic N) is 3. The van der Waals surface area contributed by atoms with Gasteiger partial charge < -0.3 is 10.6 Å². The average Bonchev–Trinajstić information content (AvgIpc) is 2.25. The highest BCUT2D eigenvalue weighted by Gasteiger charge is 2.35. The molecule has 0 aliphatic carbocycles. The molecule has 1 aliphatic rings. The zero-order valence-electron chi connectivity index (χ0n) is 10.8. The van der Waals surface area contributed by atoms with Crippen molar-refractivity contribution >= 4 is 15.8 Å². The largest absolute Gasteiger partial charge is 0.353 e. The van der Waals surface area contributed by atoms with E-state index in [0.717, 1.165) is 18.9 Å². The minimum Gasteiger partial charge on any atom is -0.353 e. The molecule has 0 bridgehead atoms. The summed E-state index contributed by atoms with van der Waals surface area (Å²) in [5, 5.41) is 0. The van der Waals surface area contributed by atoms with Gasteiger partial charge in [0.2, 0.25) is 10.0 Å². The van der Waals surface area contributed by atoms with E-state index in [4.69, 9.17) is 5.73 Å². The summed E-state index contributed by atoms with van der Waals surface area (Å²) in [7, 11) is -0.406. The Labute approximate surface area is 107 Å². The minimum atomic E-state index is -3.40. The Kier molecular flexibility index (Phi) is 3.08. The van der Waals surface area contributed by atoms with Crippen LogP contribution in [-0.2, 0) is 10.0 Å². The fraction of sp³-hybridized carbons (Fsp3) is 0.545. The van der Waals surface area contributed by atoms with Gasteiger partial charge in [-0.25, -0.2) is 17.7 Å². The second-order valence-electron chi connectivity index (χ2n) is 5.15. The maximum absolute atomic E-state index is 11.9. The van der Waals surface area contributed by atoms with Crippen LogP contribution in [0.4, 0.5) is 5.82 Å². The van der Waals surface area contributed by atoms with Gasteiger partial charge in [-0.15, -0.1) is 0 Å². The van der Waals surface area contributed by atoms with Crippen molar-refractivity contribution in [3.63, 3.8) is 0 Å². The van der Waals surface area contributed by atoms with Crippen molar-refractivity contribution in [1.82, 2.24) is 9.29 Å². The summed E-state index contributed by atoms with van der Waals surface area (Å²) in [6, 6.07) is 3.29. The smallest absolute Gasteiger partial charge is 0.244 e. The molecule has 1 aliphatic heterocycles. The van der Waals surface area contributed by atoms with E-state index in [2.05, 4.69) is 4.98 Å². The topological polar surface area (TPSA) is 79.5 Å². The van der Waals surface area contributed by atoms with Crippen LogP contribution in [-0.4, -0.2) is 50.4 Å². The monoisotopic (exact) mass is 270 g/mol. The summed E-state index contributed by atoms with van der Waals surface area (Å²) in [5.41, 5.74) is 5.75. The lowest BCUT2D eigenvalue weighted by Crippen LogP contribution is -2.65. The molecule has 100 valence electrons. The van der Waals surface area contributed by atoms with Gasteiger partial charge in [-0.1, -0.05) is 0 Å². The first kappa shape index (κ1) is 13.3. The van der Waals surface area contributed by atoms with E-state index in [1.54, 1.807) is 12.1 Å². The third-order valence-corrected chi connectivity index (χ3v) is 4.73. The lowest BCUT2D eigenvalue weighted by molar-refractivity contribution is 0.363. The van der Waals surface area contributed by atoms with Crippen LogP contribution in [0.3, 0.4) is 0 Å². The van der Waals surface area contributed by atoms with E-state index in [1.807, 2.05) is 11.8 Å². The molecule has 2 rings (SSSR count). The van der Waals surface area contributed by atoms with Crippen LogP contribution in [0, 0.1) is 0 Å². The summed E-state index contributed by atoms with van der Waals surface area (Å²) >= 11 is 0. The van der Waals surface area contributed by atoms with Crippen molar-refractivity contribution in [3.05, 3.63) is 18.3 Å². The normalized spacial score (nSPS) is 18.8. The number of sulfonamides is 1. The Bertz CT molecular complexity index is 529. The van der Waals surface area contributed by atoms with Crippen LogP contribution < -0.4 is 10.6 Å². The number of pyridine rings is 1. The number of hydrogen-bond acceptors (Lipinski definition) is 5. The lowest BCUT2D eigenvalue weighted by atomic mass is 9.94. The van der Waals surface area contributed by atoms with E-state index in [9.17, 15) is 8.42 Å². The Balaban J connectivity index is 2.17. The van der Waals surface area contributed by atoms with Crippen molar-refractivity contribution in [2.75, 3.05) is 32.1 Å². The van der Waals surface area contributed by atoms with E-state index in [0.29, 0.717) is 0 Å². The maximum atomic E-state index is 11.9. The van der Waals surface area contributed by atoms with Crippen molar-refractivity contribution < 1.29 is 8.42 Å². The molecule has 1 fully saturated rings. The van der Waals surface area contributed by atoms with Crippen LogP contribution >= 0.6 is 0 Å². The molecule has 0 atom stereocenters. The van der Waals surface area contributed by atoms with Crippen LogP contribution in [0.5, 0.6) is 0 Å². The fourth-order valence-corrected chi connectivity index (χ4v) is 2.76. The molecular weight excluding hydrogens is 252 g/mol. The summed E-state index contributed by atoms with van der Waals surface area (Å²) in [5.74, 6) is 0.760. The van der Waals surface area contributed by atoms with Gasteiger partial charge in [0.05, 0.1) is 0 Å². The highest BCUT2D eigenvalue weighted by Crippen LogP contribution is 2.24. The van der Waals surface area contributed by atoms with Gasteiger partial charge in [-0.05, 0) is 19.1 Å². The molecule has 7 heteroatoms. The quantitative estimate of drug-likeness (QED) is 0.827. The molecule has 1 aromatic rings. The Morgan fingerprint density at radius 3 is 2.39 bits per heavy atom.